The van der Waals surface area contributed by atoms with Crippen LogP contribution in [0.5, 0.6) is 0 Å². The van der Waals surface area contributed by atoms with Crippen molar-refractivity contribution in [1.29, 1.82) is 0 Å². The number of nitrogens with zero attached hydrogens (tertiary/aromatic N) is 1. The van der Waals surface area contributed by atoms with E-state index in [0.29, 0.717) is 31.6 Å². The van der Waals surface area contributed by atoms with Gasteiger partial charge in [0.05, 0.1) is 11.6 Å². The number of nitrogens with one attached hydrogen (secondary N) is 2. The van der Waals surface area contributed by atoms with Crippen molar-refractivity contribution in [2.45, 2.75) is 13.5 Å². The van der Waals surface area contributed by atoms with Crippen LogP contribution in [0.1, 0.15) is 12.5 Å². The second kappa shape index (κ2) is 8.67. The van der Waals surface area contributed by atoms with Crippen molar-refractivity contribution in [1.82, 2.24) is 5.43 Å². The van der Waals surface area contributed by atoms with Gasteiger partial charge in [-0.25, -0.2) is 4.39 Å². The number of nitrogens with two attached hydrogens (primary N) is 1. The van der Waals surface area contributed by atoms with Gasteiger partial charge in [-0.2, -0.15) is 0 Å². The molecule has 1 fully saturated rings. The van der Waals surface area contributed by atoms with E-state index < -0.39 is 11.7 Å². The molecule has 0 aliphatic carbocycles. The quantitative estimate of drug-likeness (QED) is 0.387. The third-order valence-corrected chi connectivity index (χ3v) is 4.90. The van der Waals surface area contributed by atoms with Crippen LogP contribution in [0.2, 0.25) is 0 Å². The van der Waals surface area contributed by atoms with Crippen molar-refractivity contribution in [2.24, 2.45) is 11.7 Å². The number of allylic oxidation sites excluding steroid dienone is 1. The van der Waals surface area contributed by atoms with Crippen molar-refractivity contribution in [3.8, 4) is 0 Å². The van der Waals surface area contributed by atoms with E-state index in [2.05, 4.69) is 15.8 Å². The first-order chi connectivity index (χ1) is 13.5. The van der Waals surface area contributed by atoms with Gasteiger partial charge in [0.25, 0.3) is 0 Å². The molecule has 3 rings (SSSR count). The van der Waals surface area contributed by atoms with E-state index >= 15 is 0 Å². The lowest BCUT2D eigenvalue weighted by molar-refractivity contribution is -0.131. The molecular formula is C21H23FN4O2. The van der Waals surface area contributed by atoms with Crippen molar-refractivity contribution < 1.29 is 14.0 Å². The SMILES string of the molecule is CC(NNc1ccc(F)cc1)=C1CN(c2ccc(CN)cc2)CC1C(=O)C=O. The number of carbonyl (C=O) groups is 2. The van der Waals surface area contributed by atoms with Gasteiger partial charge in [-0.3, -0.25) is 9.59 Å². The largest absolute Gasteiger partial charge is 0.366 e. The summed E-state index contributed by atoms with van der Waals surface area (Å²) in [6, 6.07) is 13.8. The van der Waals surface area contributed by atoms with Crippen molar-refractivity contribution in [2.75, 3.05) is 23.4 Å². The van der Waals surface area contributed by atoms with Crippen LogP contribution in [0.3, 0.4) is 0 Å². The number of Topliss-reactive ketones (excluding diaryl/α,β-unsaturated/α-hetero) is 1. The molecule has 0 bridgehead atoms. The number of hydrazine groups is 1. The second-order valence-electron chi connectivity index (χ2n) is 6.73. The van der Waals surface area contributed by atoms with Crippen LogP contribution >= 0.6 is 0 Å². The molecule has 1 aliphatic rings. The molecule has 1 unspecified atom stereocenters. The van der Waals surface area contributed by atoms with Gasteiger partial charge in [0, 0.05) is 31.0 Å². The molecule has 1 aliphatic heterocycles. The number of benzene rings is 2. The molecule has 7 heteroatoms. The first kappa shape index (κ1) is 19.6. The summed E-state index contributed by atoms with van der Waals surface area (Å²) in [6.07, 6.45) is 0.381. The summed E-state index contributed by atoms with van der Waals surface area (Å²) >= 11 is 0. The highest BCUT2D eigenvalue weighted by molar-refractivity contribution is 6.27. The molecule has 0 amide bonds. The molecule has 1 saturated heterocycles. The van der Waals surface area contributed by atoms with Crippen molar-refractivity contribution >= 4 is 23.4 Å². The molecule has 0 spiro atoms. The molecule has 6 nitrogen and oxygen atoms in total. The van der Waals surface area contributed by atoms with Gasteiger partial charge in [-0.15, -0.1) is 0 Å². The van der Waals surface area contributed by atoms with Crippen molar-refractivity contribution in [3.05, 3.63) is 71.2 Å². The van der Waals surface area contributed by atoms with Crippen molar-refractivity contribution in [3.63, 3.8) is 0 Å². The Hall–Kier alpha value is -3.19. The Balaban J connectivity index is 1.79. The van der Waals surface area contributed by atoms with E-state index in [1.807, 2.05) is 31.2 Å². The molecule has 1 atom stereocenters. The maximum atomic E-state index is 13.0. The minimum Gasteiger partial charge on any atom is -0.366 e. The standard InChI is InChI=1S/C21H23FN4O2/c1-14(24-25-17-6-4-16(22)5-7-17)19-11-26(12-20(19)21(28)13-27)18-8-2-15(10-23)3-9-18/h2-9,13,20,24-25H,10-12,23H2,1H3. The van der Waals surface area contributed by atoms with Gasteiger partial charge in [-0.1, -0.05) is 12.1 Å². The fourth-order valence-electron chi connectivity index (χ4n) is 3.25. The maximum Gasteiger partial charge on any atom is 0.204 e. The van der Waals surface area contributed by atoms with Crippen LogP contribution in [0.25, 0.3) is 0 Å². The lowest BCUT2D eigenvalue weighted by Crippen LogP contribution is -2.25. The van der Waals surface area contributed by atoms with Crippen LogP contribution in [-0.4, -0.2) is 25.2 Å². The average molecular weight is 382 g/mol. The van der Waals surface area contributed by atoms with Crippen LogP contribution in [0.4, 0.5) is 15.8 Å². The Morgan fingerprint density at radius 3 is 2.50 bits per heavy atom. The molecule has 0 aromatic heterocycles. The number of halogens is 1. The monoisotopic (exact) mass is 382 g/mol. The predicted molar refractivity (Wildman–Crippen MR) is 107 cm³/mol. The Labute approximate surface area is 163 Å². The van der Waals surface area contributed by atoms with E-state index in [9.17, 15) is 14.0 Å². The number of anilines is 2. The van der Waals surface area contributed by atoms with Gasteiger partial charge >= 0.3 is 0 Å². The zero-order valence-electron chi connectivity index (χ0n) is 15.6. The summed E-state index contributed by atoms with van der Waals surface area (Å²) in [6.45, 7) is 3.27. The van der Waals surface area contributed by atoms with Crippen LogP contribution in [-0.2, 0) is 16.1 Å². The van der Waals surface area contributed by atoms with Gasteiger partial charge in [-0.05, 0) is 54.5 Å². The first-order valence-corrected chi connectivity index (χ1v) is 9.02. The zero-order chi connectivity index (χ0) is 20.1. The van der Waals surface area contributed by atoms with Crippen LogP contribution in [0.15, 0.2) is 59.8 Å². The number of aldehydes is 1. The predicted octanol–water partition coefficient (Wildman–Crippen LogP) is 2.38. The van der Waals surface area contributed by atoms with Gasteiger partial charge < -0.3 is 21.5 Å². The Bertz CT molecular complexity index is 878. The molecular weight excluding hydrogens is 359 g/mol. The molecule has 2 aromatic carbocycles. The summed E-state index contributed by atoms with van der Waals surface area (Å²) < 4.78 is 13.0. The first-order valence-electron chi connectivity index (χ1n) is 9.02. The van der Waals surface area contributed by atoms with E-state index in [-0.39, 0.29) is 5.82 Å². The highest BCUT2D eigenvalue weighted by Gasteiger charge is 2.34. The topological polar surface area (TPSA) is 87.5 Å². The van der Waals surface area contributed by atoms with Crippen LogP contribution < -0.4 is 21.5 Å². The molecule has 146 valence electrons. The molecule has 0 radical (unpaired) electrons. The van der Waals surface area contributed by atoms with Gasteiger partial charge in [0.2, 0.25) is 5.78 Å². The third kappa shape index (κ3) is 4.37. The average Bonchev–Trinajstić information content (AvgIpc) is 3.18. The van der Waals surface area contributed by atoms with Crippen LogP contribution in [0, 0.1) is 11.7 Å². The number of rotatable bonds is 7. The van der Waals surface area contributed by atoms with E-state index in [1.54, 1.807) is 12.1 Å². The Kier molecular flexibility index (Phi) is 6.06. The number of carbonyl (C=O) groups excluding carboxylic acids is 2. The van der Waals surface area contributed by atoms with E-state index in [4.69, 9.17) is 5.73 Å². The number of ketones is 1. The minimum atomic E-state index is -0.505. The normalized spacial score (nSPS) is 18.0. The van der Waals surface area contributed by atoms with Gasteiger partial charge in [0.15, 0.2) is 6.29 Å². The minimum absolute atomic E-state index is 0.315. The Morgan fingerprint density at radius 1 is 1.21 bits per heavy atom. The molecule has 28 heavy (non-hydrogen) atoms. The molecule has 4 N–H and O–H groups in total. The third-order valence-electron chi connectivity index (χ3n) is 4.90. The summed E-state index contributed by atoms with van der Waals surface area (Å²) in [5.41, 5.74) is 16.0. The Morgan fingerprint density at radius 2 is 1.89 bits per heavy atom. The summed E-state index contributed by atoms with van der Waals surface area (Å²) in [4.78, 5) is 25.4. The fourth-order valence-corrected chi connectivity index (χ4v) is 3.25. The lowest BCUT2D eigenvalue weighted by Gasteiger charge is -2.18. The molecule has 2 aromatic rings. The summed E-state index contributed by atoms with van der Waals surface area (Å²) in [5.74, 6) is -1.27. The number of hydrogen-bond donors (Lipinski definition) is 3. The fraction of sp³-hybridized carbons (Fsp3) is 0.238. The van der Waals surface area contributed by atoms with Gasteiger partial charge in [0.1, 0.15) is 5.82 Å². The highest BCUT2D eigenvalue weighted by atomic mass is 19.1. The zero-order valence-corrected chi connectivity index (χ0v) is 15.6. The summed E-state index contributed by atoms with van der Waals surface area (Å²) in [7, 11) is 0. The van der Waals surface area contributed by atoms with E-state index in [0.717, 1.165) is 22.5 Å². The lowest BCUT2D eigenvalue weighted by atomic mass is 9.97. The molecule has 0 saturated carbocycles. The number of hydrogen-bond acceptors (Lipinski definition) is 6. The summed E-state index contributed by atoms with van der Waals surface area (Å²) in [5, 5.41) is 0. The van der Waals surface area contributed by atoms with E-state index in [1.165, 1.54) is 12.1 Å². The second-order valence-corrected chi connectivity index (χ2v) is 6.73. The molecule has 1 heterocycles. The maximum absolute atomic E-state index is 13.0. The highest BCUT2D eigenvalue weighted by Crippen LogP contribution is 2.30. The smallest absolute Gasteiger partial charge is 0.204 e.